The van der Waals surface area contributed by atoms with Crippen molar-refractivity contribution in [1.82, 2.24) is 10.2 Å². The molecule has 0 aliphatic carbocycles. The molecule has 1 aliphatic heterocycles. The van der Waals surface area contributed by atoms with Crippen molar-refractivity contribution in [2.75, 3.05) is 33.9 Å². The molecule has 1 atom stereocenters. The maximum atomic E-state index is 5.87. The lowest BCUT2D eigenvalue weighted by atomic mass is 10.1. The fraction of sp³-hybridized carbons (Fsp3) is 0.650. The summed E-state index contributed by atoms with van der Waals surface area (Å²) in [5.74, 6) is 1.52. The molecular weight excluding hydrogens is 314 g/mol. The lowest BCUT2D eigenvalue weighted by molar-refractivity contribution is -0.0149. The first kappa shape index (κ1) is 19.7. The first-order valence-corrected chi connectivity index (χ1v) is 9.08. The van der Waals surface area contributed by atoms with E-state index in [0.29, 0.717) is 12.5 Å². The lowest BCUT2D eigenvalue weighted by Gasteiger charge is -2.24. The molecule has 5 nitrogen and oxygen atoms in total. The van der Waals surface area contributed by atoms with Crippen molar-refractivity contribution in [3.63, 3.8) is 0 Å². The van der Waals surface area contributed by atoms with Gasteiger partial charge in [0.25, 0.3) is 0 Å². The van der Waals surface area contributed by atoms with Crippen molar-refractivity contribution in [3.8, 4) is 0 Å². The average Bonchev–Trinajstić information content (AvgIpc) is 3.06. The third-order valence-corrected chi connectivity index (χ3v) is 4.24. The van der Waals surface area contributed by atoms with Gasteiger partial charge in [0.1, 0.15) is 0 Å². The molecule has 0 amide bonds. The Morgan fingerprint density at radius 1 is 1.36 bits per heavy atom. The number of hydrogen-bond acceptors (Lipinski definition) is 3. The van der Waals surface area contributed by atoms with E-state index in [1.807, 2.05) is 7.05 Å². The van der Waals surface area contributed by atoms with E-state index in [2.05, 4.69) is 67.3 Å². The number of aliphatic imine (C=N–C) groups is 1. The Bertz CT molecular complexity index is 560. The molecule has 1 saturated heterocycles. The summed E-state index contributed by atoms with van der Waals surface area (Å²) in [5, 5.41) is 3.45. The average molecular weight is 348 g/mol. The van der Waals surface area contributed by atoms with Gasteiger partial charge >= 0.3 is 0 Å². The monoisotopic (exact) mass is 347 g/mol. The summed E-state index contributed by atoms with van der Waals surface area (Å²) in [4.78, 5) is 6.59. The molecule has 1 fully saturated rings. The van der Waals surface area contributed by atoms with Crippen LogP contribution in [0.4, 0.5) is 0 Å². The van der Waals surface area contributed by atoms with Crippen molar-refractivity contribution in [2.45, 2.75) is 45.9 Å². The molecule has 0 bridgehead atoms. The third-order valence-electron chi connectivity index (χ3n) is 4.24. The Labute approximate surface area is 152 Å². The smallest absolute Gasteiger partial charge is 0.193 e. The van der Waals surface area contributed by atoms with Gasteiger partial charge in [0.2, 0.25) is 0 Å². The van der Waals surface area contributed by atoms with Crippen LogP contribution in [0.3, 0.4) is 0 Å². The number of ether oxygens (including phenoxy) is 2. The van der Waals surface area contributed by atoms with Gasteiger partial charge in [-0.25, -0.2) is 0 Å². The second-order valence-corrected chi connectivity index (χ2v) is 7.73. The SMILES string of the molecule is CN=C(NCc1cccc(COC(C)(C)C)c1)N(C)CC1CCOC1. The summed E-state index contributed by atoms with van der Waals surface area (Å²) in [6.07, 6.45) is 1.14. The first-order chi connectivity index (χ1) is 11.9. The standard InChI is InChI=1S/C20H33N3O2/c1-20(2,3)25-15-17-8-6-7-16(11-17)12-22-19(21-4)23(5)13-18-9-10-24-14-18/h6-8,11,18H,9-10,12-15H2,1-5H3,(H,21,22). The van der Waals surface area contributed by atoms with Gasteiger partial charge in [0.15, 0.2) is 5.96 Å². The minimum absolute atomic E-state index is 0.122. The van der Waals surface area contributed by atoms with Crippen LogP contribution in [0, 0.1) is 5.92 Å². The number of guanidine groups is 1. The summed E-state index contributed by atoms with van der Waals surface area (Å²) < 4.78 is 11.3. The second kappa shape index (κ2) is 9.20. The predicted molar refractivity (Wildman–Crippen MR) is 103 cm³/mol. The molecule has 0 aromatic heterocycles. The van der Waals surface area contributed by atoms with E-state index in [4.69, 9.17) is 9.47 Å². The Morgan fingerprint density at radius 2 is 2.12 bits per heavy atom. The number of hydrogen-bond donors (Lipinski definition) is 1. The molecule has 1 aromatic rings. The molecule has 1 aromatic carbocycles. The normalized spacial score (nSPS) is 18.4. The van der Waals surface area contributed by atoms with Crippen molar-refractivity contribution >= 4 is 5.96 Å². The van der Waals surface area contributed by atoms with E-state index in [9.17, 15) is 0 Å². The minimum atomic E-state index is -0.122. The van der Waals surface area contributed by atoms with Crippen LogP contribution < -0.4 is 5.32 Å². The topological polar surface area (TPSA) is 46.1 Å². The molecule has 1 aliphatic rings. The molecule has 0 spiro atoms. The molecular formula is C20H33N3O2. The summed E-state index contributed by atoms with van der Waals surface area (Å²) in [7, 11) is 3.92. The molecule has 2 rings (SSSR count). The highest BCUT2D eigenvalue weighted by molar-refractivity contribution is 5.79. The molecule has 140 valence electrons. The fourth-order valence-corrected chi connectivity index (χ4v) is 2.90. The highest BCUT2D eigenvalue weighted by atomic mass is 16.5. The highest BCUT2D eigenvalue weighted by Crippen LogP contribution is 2.14. The Hall–Kier alpha value is -1.59. The zero-order valence-corrected chi connectivity index (χ0v) is 16.3. The lowest BCUT2D eigenvalue weighted by Crippen LogP contribution is -2.41. The fourth-order valence-electron chi connectivity index (χ4n) is 2.90. The van der Waals surface area contributed by atoms with Gasteiger partial charge in [-0.15, -0.1) is 0 Å². The summed E-state index contributed by atoms with van der Waals surface area (Å²) in [6, 6.07) is 8.51. The molecule has 5 heteroatoms. The largest absolute Gasteiger partial charge is 0.381 e. The Balaban J connectivity index is 1.86. The van der Waals surface area contributed by atoms with E-state index in [1.54, 1.807) is 0 Å². The van der Waals surface area contributed by atoms with Crippen LogP contribution in [0.15, 0.2) is 29.3 Å². The maximum absolute atomic E-state index is 5.87. The third kappa shape index (κ3) is 7.04. The molecule has 1 unspecified atom stereocenters. The van der Waals surface area contributed by atoms with Gasteiger partial charge in [-0.1, -0.05) is 24.3 Å². The van der Waals surface area contributed by atoms with Gasteiger partial charge < -0.3 is 19.7 Å². The molecule has 25 heavy (non-hydrogen) atoms. The quantitative estimate of drug-likeness (QED) is 0.635. The molecule has 0 radical (unpaired) electrons. The van der Waals surface area contributed by atoms with Crippen LogP contribution in [0.25, 0.3) is 0 Å². The Morgan fingerprint density at radius 3 is 2.76 bits per heavy atom. The van der Waals surface area contributed by atoms with Crippen molar-refractivity contribution < 1.29 is 9.47 Å². The molecule has 0 saturated carbocycles. The molecule has 1 N–H and O–H groups in total. The number of nitrogens with one attached hydrogen (secondary N) is 1. The van der Waals surface area contributed by atoms with Crippen LogP contribution in [0.1, 0.15) is 38.3 Å². The Kier molecular flexibility index (Phi) is 7.26. The van der Waals surface area contributed by atoms with Crippen LogP contribution in [-0.4, -0.2) is 50.3 Å². The van der Waals surface area contributed by atoms with E-state index in [0.717, 1.165) is 38.7 Å². The second-order valence-electron chi connectivity index (χ2n) is 7.73. The number of rotatable bonds is 6. The summed E-state index contributed by atoms with van der Waals surface area (Å²) >= 11 is 0. The van der Waals surface area contributed by atoms with Gasteiger partial charge in [-0.05, 0) is 38.3 Å². The van der Waals surface area contributed by atoms with Gasteiger partial charge in [0, 0.05) is 39.7 Å². The highest BCUT2D eigenvalue weighted by Gasteiger charge is 2.19. The first-order valence-electron chi connectivity index (χ1n) is 9.08. The predicted octanol–water partition coefficient (Wildman–Crippen LogP) is 3.05. The summed E-state index contributed by atoms with van der Waals surface area (Å²) in [5.41, 5.74) is 2.30. The van der Waals surface area contributed by atoms with Crippen LogP contribution >= 0.6 is 0 Å². The van der Waals surface area contributed by atoms with Crippen LogP contribution in [0.2, 0.25) is 0 Å². The van der Waals surface area contributed by atoms with Gasteiger partial charge in [0.05, 0.1) is 18.8 Å². The van der Waals surface area contributed by atoms with Gasteiger partial charge in [-0.3, -0.25) is 4.99 Å². The number of benzene rings is 1. The van der Waals surface area contributed by atoms with E-state index >= 15 is 0 Å². The van der Waals surface area contributed by atoms with E-state index in [1.165, 1.54) is 11.1 Å². The van der Waals surface area contributed by atoms with Crippen molar-refractivity contribution in [3.05, 3.63) is 35.4 Å². The van der Waals surface area contributed by atoms with Gasteiger partial charge in [-0.2, -0.15) is 0 Å². The zero-order chi connectivity index (χ0) is 18.3. The van der Waals surface area contributed by atoms with E-state index in [-0.39, 0.29) is 5.60 Å². The summed E-state index contributed by atoms with van der Waals surface area (Å²) in [6.45, 7) is 10.3. The zero-order valence-electron chi connectivity index (χ0n) is 16.3. The van der Waals surface area contributed by atoms with Crippen molar-refractivity contribution in [2.24, 2.45) is 10.9 Å². The number of nitrogens with zero attached hydrogens (tertiary/aromatic N) is 2. The van der Waals surface area contributed by atoms with Crippen molar-refractivity contribution in [1.29, 1.82) is 0 Å². The van der Waals surface area contributed by atoms with Crippen LogP contribution in [-0.2, 0) is 22.6 Å². The maximum Gasteiger partial charge on any atom is 0.193 e. The van der Waals surface area contributed by atoms with Crippen LogP contribution in [0.5, 0.6) is 0 Å². The minimum Gasteiger partial charge on any atom is -0.381 e. The molecule has 1 heterocycles. The van der Waals surface area contributed by atoms with E-state index < -0.39 is 0 Å².